The topological polar surface area (TPSA) is 200 Å². The van der Waals surface area contributed by atoms with Gasteiger partial charge in [0.05, 0.1) is 44.0 Å². The Bertz CT molecular complexity index is 2960. The second-order valence-corrected chi connectivity index (χ2v) is 14.2. The van der Waals surface area contributed by atoms with Crippen LogP contribution < -0.4 is 30.7 Å². The fourth-order valence-corrected chi connectivity index (χ4v) is 5.87. The van der Waals surface area contributed by atoms with Gasteiger partial charge in [-0.2, -0.15) is 31.3 Å². The van der Waals surface area contributed by atoms with Crippen LogP contribution in [-0.2, 0) is 29.0 Å². The first-order valence-corrected chi connectivity index (χ1v) is 20.7. The molecule has 0 unspecified atom stereocenters. The lowest BCUT2D eigenvalue weighted by Gasteiger charge is -2.09. The third kappa shape index (κ3) is 15.0. The highest BCUT2D eigenvalue weighted by atomic mass is 32.1. The highest BCUT2D eigenvalue weighted by molar-refractivity contribution is 7.78. The number of nitro groups is 1. The number of aromatic nitrogens is 4. The van der Waals surface area contributed by atoms with Gasteiger partial charge in [-0.25, -0.2) is 15.0 Å². The van der Waals surface area contributed by atoms with Crippen LogP contribution >= 0.6 is 12.2 Å². The van der Waals surface area contributed by atoms with Crippen molar-refractivity contribution in [1.82, 2.24) is 19.5 Å². The fraction of sp³-hybridized carbons (Fsp3) is 0.174. The zero-order valence-corrected chi connectivity index (χ0v) is 37.6. The normalized spacial score (nSPS) is 10.8. The Balaban J connectivity index is 0.000000213. The highest BCUT2D eigenvalue weighted by Crippen LogP contribution is 2.34. The van der Waals surface area contributed by atoms with E-state index in [4.69, 9.17) is 9.47 Å². The SMILES string of the molecule is CCC(=O)Nc1cc(Oc2ccc(NC)c([N+](=O)[O-])c2)ccn1.CCC(=O)Nc1cc(Oc2ccc3c(c2)nc(Nc2ccc(C(F)(F)F)cc2)n3C)ccn1.FC(F)(F)c1ccc(N=C=S)cc1. The molecule has 0 aliphatic carbocycles. The van der Waals surface area contributed by atoms with E-state index < -0.39 is 28.4 Å². The van der Waals surface area contributed by atoms with Gasteiger partial charge in [0.25, 0.3) is 5.69 Å². The molecular formula is C46H40F6N10O6S. The molecule has 0 radical (unpaired) electrons. The van der Waals surface area contributed by atoms with E-state index in [1.165, 1.54) is 42.7 Å². The number of imidazole rings is 1. The number of pyridine rings is 2. The predicted octanol–water partition coefficient (Wildman–Crippen LogP) is 12.5. The Hall–Kier alpha value is -8.43. The van der Waals surface area contributed by atoms with Crippen molar-refractivity contribution >= 4 is 80.6 Å². The minimum Gasteiger partial charge on any atom is -0.457 e. The van der Waals surface area contributed by atoms with E-state index in [9.17, 15) is 46.0 Å². The molecule has 0 saturated carbocycles. The molecular weight excluding hydrogens is 935 g/mol. The molecule has 358 valence electrons. The van der Waals surface area contributed by atoms with Crippen molar-refractivity contribution in [3.05, 3.63) is 143 Å². The van der Waals surface area contributed by atoms with Crippen molar-refractivity contribution in [3.63, 3.8) is 0 Å². The number of ether oxygens (including phenoxy) is 2. The second-order valence-electron chi connectivity index (χ2n) is 14.0. The van der Waals surface area contributed by atoms with Gasteiger partial charge < -0.3 is 35.3 Å². The number of carbonyl (C=O) groups excluding carboxylic acids is 2. The maximum atomic E-state index is 12.8. The quantitative estimate of drug-likeness (QED) is 0.0281. The first kappa shape index (κ1) is 51.6. The Labute approximate surface area is 394 Å². The summed E-state index contributed by atoms with van der Waals surface area (Å²) in [6.07, 6.45) is -5.00. The number of thiocarbonyl (C=S) groups is 1. The molecule has 16 nitrogen and oxygen atoms in total. The third-order valence-electron chi connectivity index (χ3n) is 9.24. The zero-order chi connectivity index (χ0) is 50.3. The number of nitrogens with zero attached hydrogens (tertiary/aromatic N) is 6. The lowest BCUT2D eigenvalue weighted by molar-refractivity contribution is -0.384. The molecule has 0 aliphatic rings. The van der Waals surface area contributed by atoms with E-state index in [1.807, 2.05) is 6.07 Å². The number of rotatable bonds is 13. The predicted molar refractivity (Wildman–Crippen MR) is 251 cm³/mol. The van der Waals surface area contributed by atoms with Crippen LogP contribution in [-0.4, -0.2) is 48.5 Å². The number of benzene rings is 4. The molecule has 0 atom stereocenters. The Morgan fingerprint density at radius 2 is 1.23 bits per heavy atom. The molecule has 23 heteroatoms. The maximum Gasteiger partial charge on any atom is 0.416 e. The first-order chi connectivity index (χ1) is 32.8. The summed E-state index contributed by atoms with van der Waals surface area (Å²) in [7, 11) is 3.41. The van der Waals surface area contributed by atoms with E-state index in [1.54, 1.807) is 81.0 Å². The molecule has 0 bridgehead atoms. The number of nitro benzene ring substituents is 1. The summed E-state index contributed by atoms with van der Waals surface area (Å²) in [6.45, 7) is 3.48. The van der Waals surface area contributed by atoms with Gasteiger partial charge in [0.1, 0.15) is 40.3 Å². The number of carbonyl (C=O) groups is 2. The Kier molecular flexibility index (Phi) is 17.4. The first-order valence-electron chi connectivity index (χ1n) is 20.3. The number of halogens is 6. The standard InChI is InChI=1S/C23H20F3N5O2.C15H16N4O4.C8H4F3NS/c1-3-21(32)30-20-13-17(10-11-27-20)33-16-8-9-19-18(12-16)29-22(31(19)2)28-15-6-4-14(5-7-15)23(24,25)26;1-3-15(20)18-14-9-11(6-7-17-14)23-10-4-5-12(16-2)13(8-10)19(21)22;9-8(10,11)6-1-3-7(4-2-6)12-5-13/h4-13H,3H2,1-2H3,(H,28,29)(H,27,30,32);4-9,16H,3H2,1-2H3,(H,17,18,20);1-4H. The molecule has 0 fully saturated rings. The molecule has 7 aromatic rings. The van der Waals surface area contributed by atoms with Crippen molar-refractivity contribution in [2.45, 2.75) is 39.0 Å². The Morgan fingerprint density at radius 3 is 1.71 bits per heavy atom. The van der Waals surface area contributed by atoms with Crippen molar-refractivity contribution < 1.29 is 50.3 Å². The maximum absolute atomic E-state index is 12.8. The lowest BCUT2D eigenvalue weighted by atomic mass is 10.2. The van der Waals surface area contributed by atoms with Gasteiger partial charge in [-0.15, -0.1) is 0 Å². The van der Waals surface area contributed by atoms with E-state index in [0.717, 1.165) is 29.8 Å². The molecule has 0 spiro atoms. The van der Waals surface area contributed by atoms with Gasteiger partial charge >= 0.3 is 12.4 Å². The smallest absolute Gasteiger partial charge is 0.416 e. The lowest BCUT2D eigenvalue weighted by Crippen LogP contribution is -2.10. The van der Waals surface area contributed by atoms with Crippen molar-refractivity contribution in [3.8, 4) is 23.0 Å². The highest BCUT2D eigenvalue weighted by Gasteiger charge is 2.31. The molecule has 3 heterocycles. The van der Waals surface area contributed by atoms with Gasteiger partial charge in [0, 0.05) is 63.2 Å². The fourth-order valence-electron chi connectivity index (χ4n) is 5.76. The summed E-state index contributed by atoms with van der Waals surface area (Å²) < 4.78 is 87.7. The van der Waals surface area contributed by atoms with Crippen LogP contribution in [0.5, 0.6) is 23.0 Å². The molecule has 4 aromatic carbocycles. The van der Waals surface area contributed by atoms with Gasteiger partial charge in [0.2, 0.25) is 17.8 Å². The summed E-state index contributed by atoms with van der Waals surface area (Å²) in [4.78, 5) is 49.7. The Morgan fingerprint density at radius 1 is 0.739 bits per heavy atom. The number of isothiocyanates is 1. The van der Waals surface area contributed by atoms with E-state index >= 15 is 0 Å². The average molecular weight is 975 g/mol. The number of anilines is 5. The summed E-state index contributed by atoms with van der Waals surface area (Å²) in [6, 6.07) is 25.4. The van der Waals surface area contributed by atoms with Crippen LogP contribution in [0.4, 0.5) is 66.7 Å². The summed E-state index contributed by atoms with van der Waals surface area (Å²) in [5, 5.41) is 24.2. The largest absolute Gasteiger partial charge is 0.457 e. The average Bonchev–Trinajstić information content (AvgIpc) is 3.62. The van der Waals surface area contributed by atoms with E-state index in [2.05, 4.69) is 58.6 Å². The summed E-state index contributed by atoms with van der Waals surface area (Å²) in [5.74, 6) is 2.65. The van der Waals surface area contributed by atoms with Gasteiger partial charge in [0.15, 0.2) is 0 Å². The second kappa shape index (κ2) is 23.3. The molecule has 2 amide bonds. The van der Waals surface area contributed by atoms with Gasteiger partial charge in [-0.3, -0.25) is 19.7 Å². The number of alkyl halides is 6. The number of aliphatic imine (C=N–C) groups is 1. The van der Waals surface area contributed by atoms with Crippen LogP contribution in [0.15, 0.2) is 127 Å². The van der Waals surface area contributed by atoms with Crippen LogP contribution in [0.2, 0.25) is 0 Å². The van der Waals surface area contributed by atoms with Gasteiger partial charge in [-0.05, 0) is 97.1 Å². The zero-order valence-electron chi connectivity index (χ0n) is 36.8. The molecule has 4 N–H and O–H groups in total. The molecule has 3 aromatic heterocycles. The van der Waals surface area contributed by atoms with Gasteiger partial charge in [-0.1, -0.05) is 13.8 Å². The number of fused-ring (bicyclic) bond motifs is 1. The van der Waals surface area contributed by atoms with Crippen LogP contribution in [0, 0.1) is 10.1 Å². The molecule has 0 aliphatic heterocycles. The number of nitrogens with one attached hydrogen (secondary N) is 4. The van der Waals surface area contributed by atoms with E-state index in [0.29, 0.717) is 76.0 Å². The van der Waals surface area contributed by atoms with E-state index in [-0.39, 0.29) is 17.5 Å². The minimum absolute atomic E-state index is 0.0847. The monoisotopic (exact) mass is 974 g/mol. The van der Waals surface area contributed by atoms with Crippen molar-refractivity contribution in [2.75, 3.05) is 28.3 Å². The summed E-state index contributed by atoms with van der Waals surface area (Å²) in [5.41, 5.74) is 1.19. The van der Waals surface area contributed by atoms with Crippen LogP contribution in [0.1, 0.15) is 37.8 Å². The van der Waals surface area contributed by atoms with Crippen molar-refractivity contribution in [1.29, 1.82) is 0 Å². The van der Waals surface area contributed by atoms with Crippen LogP contribution in [0.3, 0.4) is 0 Å². The third-order valence-corrected chi connectivity index (χ3v) is 9.33. The number of amides is 2. The minimum atomic E-state index is -4.38. The number of hydrogen-bond acceptors (Lipinski definition) is 13. The molecule has 0 saturated heterocycles. The summed E-state index contributed by atoms with van der Waals surface area (Å²) >= 11 is 4.30. The molecule has 7 rings (SSSR count). The number of hydrogen-bond donors (Lipinski definition) is 4. The van der Waals surface area contributed by atoms with Crippen LogP contribution in [0.25, 0.3) is 11.0 Å². The van der Waals surface area contributed by atoms with Crippen molar-refractivity contribution in [2.24, 2.45) is 12.0 Å². The molecule has 69 heavy (non-hydrogen) atoms. The number of aryl methyl sites for hydroxylation is 1.